The van der Waals surface area contributed by atoms with Gasteiger partial charge in [-0.05, 0) is 37.0 Å². The van der Waals surface area contributed by atoms with E-state index in [9.17, 15) is 0 Å². The van der Waals surface area contributed by atoms with Gasteiger partial charge in [0.2, 0.25) is 0 Å². The van der Waals surface area contributed by atoms with Gasteiger partial charge in [-0.25, -0.2) is 0 Å². The first kappa shape index (κ1) is 25.6. The fourth-order valence-electron chi connectivity index (χ4n) is 2.51. The topological polar surface area (TPSA) is 55.4 Å². The lowest BCUT2D eigenvalue weighted by Crippen LogP contribution is -2.21. The maximum absolute atomic E-state index is 7.54. The highest BCUT2D eigenvalue weighted by Gasteiger charge is 2.21. The summed E-state index contributed by atoms with van der Waals surface area (Å²) >= 11 is 0. The first-order valence-electron chi connectivity index (χ1n) is 8.82. The summed E-state index contributed by atoms with van der Waals surface area (Å²) in [6.45, 7) is 19.6. The van der Waals surface area contributed by atoms with Crippen molar-refractivity contribution in [3.8, 4) is 0 Å². The lowest BCUT2D eigenvalue weighted by Gasteiger charge is -2.29. The lowest BCUT2D eigenvalue weighted by atomic mass is 9.77. The Hall–Kier alpha value is -0.370. The van der Waals surface area contributed by atoms with Gasteiger partial charge in [-0.2, -0.15) is 0 Å². The molecule has 0 aromatic heterocycles. The third-order valence-corrected chi connectivity index (χ3v) is 4.91. The molecule has 1 aliphatic carbocycles. The van der Waals surface area contributed by atoms with Crippen LogP contribution in [0.15, 0.2) is 0 Å². The van der Waals surface area contributed by atoms with Crippen molar-refractivity contribution < 1.29 is 5.48 Å². The molecule has 1 rings (SSSR count). The second-order valence-corrected chi connectivity index (χ2v) is 6.94. The quantitative estimate of drug-likeness (QED) is 0.609. The second-order valence-electron chi connectivity index (χ2n) is 6.94. The molecule has 3 N–H and O–H groups in total. The van der Waals surface area contributed by atoms with Gasteiger partial charge in [0, 0.05) is 11.1 Å². The van der Waals surface area contributed by atoms with E-state index in [1.54, 1.807) is 0 Å². The van der Waals surface area contributed by atoms with Gasteiger partial charge in [0.25, 0.3) is 0 Å². The van der Waals surface area contributed by atoms with E-state index in [1.807, 2.05) is 20.8 Å². The molecule has 0 aliphatic heterocycles. The molecule has 0 spiro atoms. The number of nitrogens with one attached hydrogen (secondary N) is 1. The molecule has 3 atom stereocenters. The minimum Gasteiger partial charge on any atom is -0.412 e. The van der Waals surface area contributed by atoms with E-state index in [0.29, 0.717) is 0 Å². The lowest BCUT2D eigenvalue weighted by molar-refractivity contribution is 0.220. The van der Waals surface area contributed by atoms with Gasteiger partial charge in [-0.1, -0.05) is 75.2 Å². The third-order valence-electron chi connectivity index (χ3n) is 4.91. The van der Waals surface area contributed by atoms with Gasteiger partial charge < -0.3 is 10.9 Å². The Balaban J connectivity index is -0.000000264. The molecule has 2 heteroatoms. The van der Waals surface area contributed by atoms with Crippen LogP contribution in [0.5, 0.6) is 0 Å². The molecule has 0 saturated heterocycles. The molecule has 0 aromatic rings. The zero-order chi connectivity index (χ0) is 16.3. The number of hydrogen-bond acceptors (Lipinski definition) is 1. The number of hydrogen-bond donors (Lipinski definition) is 1. The molecule has 0 heterocycles. The highest BCUT2D eigenvalue weighted by molar-refractivity contribution is 5.86. The second kappa shape index (κ2) is 13.3. The Morgan fingerprint density at radius 3 is 1.71 bits per heavy atom. The Morgan fingerprint density at radius 2 is 1.48 bits per heavy atom. The van der Waals surface area contributed by atoms with E-state index in [0.717, 1.165) is 36.3 Å². The molecule has 3 unspecified atom stereocenters. The van der Waals surface area contributed by atoms with Gasteiger partial charge in [-0.3, -0.25) is 0 Å². The van der Waals surface area contributed by atoms with E-state index >= 15 is 0 Å². The maximum atomic E-state index is 7.54. The van der Waals surface area contributed by atoms with Crippen molar-refractivity contribution in [2.24, 2.45) is 23.2 Å². The summed E-state index contributed by atoms with van der Waals surface area (Å²) in [6, 6.07) is 0. The summed E-state index contributed by atoms with van der Waals surface area (Å²) in [7, 11) is 0. The van der Waals surface area contributed by atoms with Crippen molar-refractivity contribution in [3.63, 3.8) is 0 Å². The van der Waals surface area contributed by atoms with Crippen LogP contribution in [-0.2, 0) is 0 Å². The molecular weight excluding hydrogens is 258 g/mol. The fourth-order valence-corrected chi connectivity index (χ4v) is 2.51. The standard InChI is InChI=1S/C9H18.C8H17N.C2H6.H2O/c1-7-4-5-8(2)9(3)6-7;1-5-7(9)8(3,4)6-2;1-2;/h7-9H,4-6H2,1-3H3;9H,5-6H2,1-4H3;1-2H3;1H2. The zero-order valence-corrected chi connectivity index (χ0v) is 16.3. The van der Waals surface area contributed by atoms with Crippen molar-refractivity contribution in [2.75, 3.05) is 0 Å². The Morgan fingerprint density at radius 1 is 1.00 bits per heavy atom. The fraction of sp³-hybridized carbons (Fsp3) is 0.947. The van der Waals surface area contributed by atoms with E-state index in [1.165, 1.54) is 19.3 Å². The van der Waals surface area contributed by atoms with Gasteiger partial charge in [-0.15, -0.1) is 0 Å². The summed E-state index contributed by atoms with van der Waals surface area (Å²) in [6.07, 6.45) is 6.34. The Labute approximate surface area is 134 Å². The summed E-state index contributed by atoms with van der Waals surface area (Å²) in [5.74, 6) is 2.96. The molecule has 130 valence electrons. The van der Waals surface area contributed by atoms with Crippen LogP contribution < -0.4 is 0 Å². The van der Waals surface area contributed by atoms with Crippen LogP contribution >= 0.6 is 0 Å². The minimum absolute atomic E-state index is 0. The first-order valence-corrected chi connectivity index (χ1v) is 8.82. The van der Waals surface area contributed by atoms with Crippen LogP contribution in [0.1, 0.15) is 94.4 Å². The van der Waals surface area contributed by atoms with Crippen molar-refractivity contribution >= 4 is 5.71 Å². The predicted molar refractivity (Wildman–Crippen MR) is 98.4 cm³/mol. The molecule has 0 bridgehead atoms. The van der Waals surface area contributed by atoms with Gasteiger partial charge in [0.15, 0.2) is 0 Å². The molecule has 0 amide bonds. The van der Waals surface area contributed by atoms with Gasteiger partial charge >= 0.3 is 0 Å². The van der Waals surface area contributed by atoms with E-state index in [2.05, 4.69) is 41.5 Å². The number of rotatable bonds is 3. The first-order chi connectivity index (χ1) is 9.24. The van der Waals surface area contributed by atoms with Crippen LogP contribution in [-0.4, -0.2) is 11.2 Å². The highest BCUT2D eigenvalue weighted by Crippen LogP contribution is 2.32. The van der Waals surface area contributed by atoms with Crippen molar-refractivity contribution in [3.05, 3.63) is 0 Å². The maximum Gasteiger partial charge on any atom is 0.0142 e. The monoisotopic (exact) mass is 301 g/mol. The van der Waals surface area contributed by atoms with Crippen LogP contribution in [0.4, 0.5) is 0 Å². The van der Waals surface area contributed by atoms with Crippen LogP contribution in [0.25, 0.3) is 0 Å². The summed E-state index contributed by atoms with van der Waals surface area (Å²) in [5, 5.41) is 7.54. The average molecular weight is 302 g/mol. The van der Waals surface area contributed by atoms with Gasteiger partial charge in [0.1, 0.15) is 0 Å². The predicted octanol–water partition coefficient (Wildman–Crippen LogP) is 6.13. The summed E-state index contributed by atoms with van der Waals surface area (Å²) in [5.41, 5.74) is 0.999. The third kappa shape index (κ3) is 10.9. The summed E-state index contributed by atoms with van der Waals surface area (Å²) < 4.78 is 0. The highest BCUT2D eigenvalue weighted by atomic mass is 16.0. The molecule has 0 aromatic carbocycles. The molecule has 0 radical (unpaired) electrons. The Kier molecular flexibility index (Phi) is 16.2. The van der Waals surface area contributed by atoms with E-state index in [4.69, 9.17) is 5.41 Å². The van der Waals surface area contributed by atoms with Crippen LogP contribution in [0.2, 0.25) is 0 Å². The van der Waals surface area contributed by atoms with Crippen molar-refractivity contribution in [2.45, 2.75) is 94.4 Å². The molecular formula is C19H43NO. The minimum atomic E-state index is 0. The van der Waals surface area contributed by atoms with E-state index in [-0.39, 0.29) is 10.9 Å². The van der Waals surface area contributed by atoms with Crippen LogP contribution in [0, 0.1) is 28.6 Å². The molecule has 1 fully saturated rings. The van der Waals surface area contributed by atoms with Crippen molar-refractivity contribution in [1.29, 1.82) is 5.41 Å². The SMILES string of the molecule is CC.CC1CCC(C)C(C)C1.CCC(=N)C(C)(C)CC.O. The average Bonchev–Trinajstić information content (AvgIpc) is 2.45. The van der Waals surface area contributed by atoms with E-state index < -0.39 is 0 Å². The van der Waals surface area contributed by atoms with Crippen molar-refractivity contribution in [1.82, 2.24) is 0 Å². The normalized spacial score (nSPS) is 24.5. The Bertz CT molecular complexity index is 248. The zero-order valence-electron chi connectivity index (χ0n) is 16.3. The smallest absolute Gasteiger partial charge is 0.0142 e. The molecule has 21 heavy (non-hydrogen) atoms. The summed E-state index contributed by atoms with van der Waals surface area (Å²) in [4.78, 5) is 0. The largest absolute Gasteiger partial charge is 0.412 e. The molecule has 2 nitrogen and oxygen atoms in total. The molecule has 1 saturated carbocycles. The van der Waals surface area contributed by atoms with Gasteiger partial charge in [0.05, 0.1) is 0 Å². The van der Waals surface area contributed by atoms with Crippen LogP contribution in [0.3, 0.4) is 0 Å². The molecule has 1 aliphatic rings.